The van der Waals surface area contributed by atoms with Gasteiger partial charge < -0.3 is 5.11 Å². The summed E-state index contributed by atoms with van der Waals surface area (Å²) in [7, 11) is 0. The van der Waals surface area contributed by atoms with Crippen molar-refractivity contribution in [3.05, 3.63) is 39.3 Å². The molecule has 1 atom stereocenters. The third kappa shape index (κ3) is 3.56. The topological polar surface area (TPSA) is 46.0 Å². The molecule has 90 valence electrons. The molecule has 0 saturated heterocycles. The maximum Gasteiger partial charge on any atom is 0.174 e. The average Bonchev–Trinajstić information content (AvgIpc) is 2.78. The van der Waals surface area contributed by atoms with Gasteiger partial charge in [-0.25, -0.2) is 0 Å². The van der Waals surface area contributed by atoms with Crippen molar-refractivity contribution in [2.24, 2.45) is 0 Å². The summed E-state index contributed by atoms with van der Waals surface area (Å²) < 4.78 is 0.828. The van der Waals surface area contributed by atoms with Gasteiger partial charge in [-0.3, -0.25) is 0 Å². The lowest BCUT2D eigenvalue weighted by atomic mass is 10.1. The van der Waals surface area contributed by atoms with Gasteiger partial charge in [0.25, 0.3) is 0 Å². The van der Waals surface area contributed by atoms with E-state index in [1.807, 2.05) is 0 Å². The molecule has 0 aliphatic carbocycles. The van der Waals surface area contributed by atoms with Crippen molar-refractivity contribution >= 4 is 46.3 Å². The molecule has 1 aromatic carbocycles. The number of hydrogen-bond donors (Lipinski definition) is 1. The smallest absolute Gasteiger partial charge is 0.174 e. The summed E-state index contributed by atoms with van der Waals surface area (Å²) in [6.45, 7) is 0. The van der Waals surface area contributed by atoms with Crippen LogP contribution in [0.25, 0.3) is 0 Å². The number of aliphatic hydroxyl groups is 1. The summed E-state index contributed by atoms with van der Waals surface area (Å²) in [6, 6.07) is 5.06. The fourth-order valence-corrected chi connectivity index (χ4v) is 3.24. The number of aromatic nitrogens is 2. The van der Waals surface area contributed by atoms with Crippen molar-refractivity contribution in [2.75, 3.05) is 5.75 Å². The van der Waals surface area contributed by atoms with Crippen molar-refractivity contribution in [1.29, 1.82) is 0 Å². The van der Waals surface area contributed by atoms with Crippen LogP contribution in [-0.2, 0) is 0 Å². The second-order valence-electron chi connectivity index (χ2n) is 3.20. The van der Waals surface area contributed by atoms with E-state index in [2.05, 4.69) is 10.2 Å². The largest absolute Gasteiger partial charge is 0.387 e. The Morgan fingerprint density at radius 2 is 2.24 bits per heavy atom. The molecule has 0 saturated carbocycles. The third-order valence-corrected chi connectivity index (χ3v) is 4.52. The Morgan fingerprint density at radius 1 is 1.41 bits per heavy atom. The zero-order chi connectivity index (χ0) is 12.3. The van der Waals surface area contributed by atoms with Crippen LogP contribution in [0.3, 0.4) is 0 Å². The molecule has 0 amide bonds. The third-order valence-electron chi connectivity index (χ3n) is 2.03. The highest BCUT2D eigenvalue weighted by atomic mass is 35.5. The first-order valence-electron chi connectivity index (χ1n) is 4.69. The molecule has 7 heteroatoms. The van der Waals surface area contributed by atoms with Gasteiger partial charge in [-0.1, -0.05) is 52.4 Å². The molecule has 0 bridgehead atoms. The van der Waals surface area contributed by atoms with Crippen LogP contribution in [0.4, 0.5) is 0 Å². The van der Waals surface area contributed by atoms with Gasteiger partial charge in [0.1, 0.15) is 5.51 Å². The molecular weight excluding hydrogens is 299 g/mol. The fraction of sp³-hybridized carbons (Fsp3) is 0.200. The molecule has 2 aromatic rings. The molecule has 2 rings (SSSR count). The van der Waals surface area contributed by atoms with Gasteiger partial charge >= 0.3 is 0 Å². The van der Waals surface area contributed by atoms with Crippen LogP contribution < -0.4 is 0 Å². The average molecular weight is 307 g/mol. The quantitative estimate of drug-likeness (QED) is 0.875. The Kier molecular flexibility index (Phi) is 4.64. The molecule has 0 radical (unpaired) electrons. The summed E-state index contributed by atoms with van der Waals surface area (Å²) in [5, 5.41) is 18.6. The SMILES string of the molecule is OC(CSc1nncs1)c1ccc(Cl)cc1Cl. The molecule has 1 heterocycles. The second-order valence-corrected chi connectivity index (χ2v) is 6.14. The Morgan fingerprint density at radius 3 is 2.88 bits per heavy atom. The zero-order valence-electron chi connectivity index (χ0n) is 8.51. The molecule has 1 unspecified atom stereocenters. The summed E-state index contributed by atoms with van der Waals surface area (Å²) in [4.78, 5) is 0. The lowest BCUT2D eigenvalue weighted by molar-refractivity contribution is 0.204. The molecule has 0 fully saturated rings. The van der Waals surface area contributed by atoms with Crippen LogP contribution in [0.1, 0.15) is 11.7 Å². The van der Waals surface area contributed by atoms with Gasteiger partial charge in [-0.05, 0) is 12.1 Å². The van der Waals surface area contributed by atoms with Crippen molar-refractivity contribution in [1.82, 2.24) is 10.2 Å². The van der Waals surface area contributed by atoms with E-state index < -0.39 is 6.10 Å². The molecule has 0 aliphatic heterocycles. The van der Waals surface area contributed by atoms with Crippen LogP contribution >= 0.6 is 46.3 Å². The van der Waals surface area contributed by atoms with Gasteiger partial charge in [0.15, 0.2) is 4.34 Å². The lowest BCUT2D eigenvalue weighted by Crippen LogP contribution is -2.01. The van der Waals surface area contributed by atoms with Crippen molar-refractivity contribution in [2.45, 2.75) is 10.4 Å². The van der Waals surface area contributed by atoms with E-state index in [9.17, 15) is 5.11 Å². The molecular formula is C10H8Cl2N2OS2. The maximum atomic E-state index is 10.00. The highest BCUT2D eigenvalue weighted by molar-refractivity contribution is 8.01. The Hall–Kier alpha value is -0.330. The van der Waals surface area contributed by atoms with Gasteiger partial charge in [-0.2, -0.15) is 0 Å². The van der Waals surface area contributed by atoms with E-state index in [-0.39, 0.29) is 0 Å². The lowest BCUT2D eigenvalue weighted by Gasteiger charge is -2.11. The van der Waals surface area contributed by atoms with E-state index in [4.69, 9.17) is 23.2 Å². The Bertz CT molecular complexity index is 493. The van der Waals surface area contributed by atoms with Crippen molar-refractivity contribution in [3.63, 3.8) is 0 Å². The first-order valence-corrected chi connectivity index (χ1v) is 7.31. The summed E-state index contributed by atoms with van der Waals surface area (Å²) in [5.41, 5.74) is 2.33. The van der Waals surface area contributed by atoms with Crippen LogP contribution in [0.5, 0.6) is 0 Å². The summed E-state index contributed by atoms with van der Waals surface area (Å²) >= 11 is 14.7. The molecule has 17 heavy (non-hydrogen) atoms. The standard InChI is InChI=1S/C10H8Cl2N2OS2/c11-6-1-2-7(8(12)3-6)9(15)4-16-10-14-13-5-17-10/h1-3,5,9,15H,4H2. The predicted octanol–water partition coefficient (Wildman–Crippen LogP) is 3.67. The molecule has 1 N–H and O–H groups in total. The van der Waals surface area contributed by atoms with Gasteiger partial charge in [0.05, 0.1) is 6.10 Å². The normalized spacial score (nSPS) is 12.6. The first kappa shape index (κ1) is 13.1. The number of hydrogen-bond acceptors (Lipinski definition) is 5. The van der Waals surface area contributed by atoms with E-state index >= 15 is 0 Å². The highest BCUT2D eigenvalue weighted by Crippen LogP contribution is 2.30. The second kappa shape index (κ2) is 6.02. The zero-order valence-corrected chi connectivity index (χ0v) is 11.7. The minimum absolute atomic E-state index is 0.475. The van der Waals surface area contributed by atoms with Crippen LogP contribution in [0, 0.1) is 0 Å². The van der Waals surface area contributed by atoms with E-state index in [0.717, 1.165) is 4.34 Å². The van der Waals surface area contributed by atoms with Crippen molar-refractivity contribution < 1.29 is 5.11 Å². The summed E-state index contributed by atoms with van der Waals surface area (Å²) in [6.07, 6.45) is -0.645. The Labute approximate surface area is 117 Å². The Balaban J connectivity index is 2.01. The number of thioether (sulfide) groups is 1. The fourth-order valence-electron chi connectivity index (χ4n) is 1.24. The van der Waals surface area contributed by atoms with Gasteiger partial charge in [-0.15, -0.1) is 10.2 Å². The van der Waals surface area contributed by atoms with E-state index in [0.29, 0.717) is 21.4 Å². The van der Waals surface area contributed by atoms with Crippen LogP contribution in [0.2, 0.25) is 10.0 Å². The van der Waals surface area contributed by atoms with Gasteiger partial charge in [0.2, 0.25) is 0 Å². The number of aliphatic hydroxyl groups excluding tert-OH is 1. The van der Waals surface area contributed by atoms with Crippen LogP contribution in [-0.4, -0.2) is 21.1 Å². The molecule has 0 aliphatic rings. The molecule has 3 nitrogen and oxygen atoms in total. The van der Waals surface area contributed by atoms with E-state index in [1.54, 1.807) is 23.7 Å². The number of halogens is 2. The predicted molar refractivity (Wildman–Crippen MR) is 72.1 cm³/mol. The highest BCUT2D eigenvalue weighted by Gasteiger charge is 2.13. The van der Waals surface area contributed by atoms with Gasteiger partial charge in [0, 0.05) is 21.4 Å². The summed E-state index contributed by atoms with van der Waals surface area (Å²) in [5.74, 6) is 0.483. The van der Waals surface area contributed by atoms with E-state index in [1.165, 1.54) is 23.1 Å². The number of nitrogens with zero attached hydrogens (tertiary/aromatic N) is 2. The number of benzene rings is 1. The van der Waals surface area contributed by atoms with Crippen molar-refractivity contribution in [3.8, 4) is 0 Å². The molecule has 1 aromatic heterocycles. The monoisotopic (exact) mass is 306 g/mol. The minimum Gasteiger partial charge on any atom is -0.387 e. The molecule has 0 spiro atoms. The first-order chi connectivity index (χ1) is 8.16. The maximum absolute atomic E-state index is 10.00. The van der Waals surface area contributed by atoms with Crippen LogP contribution in [0.15, 0.2) is 28.0 Å². The minimum atomic E-state index is -0.645. The number of rotatable bonds is 4.